The summed E-state index contributed by atoms with van der Waals surface area (Å²) in [5.41, 5.74) is 0.747. The highest BCUT2D eigenvalue weighted by Crippen LogP contribution is 2.09. The minimum Gasteiger partial charge on any atom is -0.477 e. The van der Waals surface area contributed by atoms with E-state index in [0.717, 1.165) is 5.56 Å². The molecule has 0 saturated carbocycles. The van der Waals surface area contributed by atoms with Crippen molar-refractivity contribution in [3.63, 3.8) is 0 Å². The maximum atomic E-state index is 11.7. The molecule has 0 fully saturated rings. The van der Waals surface area contributed by atoms with Crippen LogP contribution < -0.4 is 5.43 Å². The molecule has 0 aliphatic rings. The first-order chi connectivity index (χ1) is 7.11. The third kappa shape index (κ3) is 1.38. The van der Waals surface area contributed by atoms with Gasteiger partial charge in [0.25, 0.3) is 0 Å². The first-order valence-electron chi connectivity index (χ1n) is 4.31. The fourth-order valence-electron chi connectivity index (χ4n) is 1.41. The minimum atomic E-state index is -1.25. The maximum Gasteiger partial charge on any atom is 0.341 e. The Labute approximate surface area is 84.4 Å². The van der Waals surface area contributed by atoms with Crippen LogP contribution in [0.1, 0.15) is 15.9 Å². The lowest BCUT2D eigenvalue weighted by Crippen LogP contribution is -2.16. The molecule has 5 nitrogen and oxygen atoms in total. The van der Waals surface area contributed by atoms with Gasteiger partial charge in [-0.15, -0.1) is 0 Å². The third-order valence-electron chi connectivity index (χ3n) is 2.21. The molecule has 0 unspecified atom stereocenters. The van der Waals surface area contributed by atoms with Crippen molar-refractivity contribution in [2.24, 2.45) is 0 Å². The van der Waals surface area contributed by atoms with Gasteiger partial charge < -0.3 is 10.1 Å². The molecule has 15 heavy (non-hydrogen) atoms. The molecule has 0 aliphatic heterocycles. The molecule has 0 atom stereocenters. The molecule has 2 aromatic heterocycles. The topological polar surface area (TPSA) is 83.1 Å². The monoisotopic (exact) mass is 204 g/mol. The molecule has 0 aromatic carbocycles. The Morgan fingerprint density at radius 2 is 2.27 bits per heavy atom. The number of carboxylic acids is 1. The van der Waals surface area contributed by atoms with E-state index in [2.05, 4.69) is 9.97 Å². The molecule has 2 rings (SSSR count). The molecule has 2 heterocycles. The van der Waals surface area contributed by atoms with Gasteiger partial charge in [0, 0.05) is 12.4 Å². The van der Waals surface area contributed by atoms with Gasteiger partial charge in [-0.1, -0.05) is 0 Å². The summed E-state index contributed by atoms with van der Waals surface area (Å²) in [7, 11) is 0. The number of hydrogen-bond donors (Lipinski definition) is 2. The van der Waals surface area contributed by atoms with E-state index in [4.69, 9.17) is 5.11 Å². The SMILES string of the molecule is Cc1ccnc2c(=O)c(C(=O)O)c[nH]c12. The Bertz CT molecular complexity index is 601. The van der Waals surface area contributed by atoms with Crippen molar-refractivity contribution in [3.05, 3.63) is 39.8 Å². The number of aromatic amines is 1. The zero-order chi connectivity index (χ0) is 11.0. The number of pyridine rings is 2. The summed E-state index contributed by atoms with van der Waals surface area (Å²) >= 11 is 0. The van der Waals surface area contributed by atoms with Crippen molar-refractivity contribution < 1.29 is 9.90 Å². The van der Waals surface area contributed by atoms with Crippen molar-refractivity contribution in [1.82, 2.24) is 9.97 Å². The lowest BCUT2D eigenvalue weighted by Gasteiger charge is -2.01. The van der Waals surface area contributed by atoms with Crippen LogP contribution in [0.25, 0.3) is 11.0 Å². The lowest BCUT2D eigenvalue weighted by atomic mass is 10.2. The molecule has 5 heteroatoms. The second-order valence-electron chi connectivity index (χ2n) is 3.19. The quantitative estimate of drug-likeness (QED) is 0.723. The van der Waals surface area contributed by atoms with Crippen LogP contribution >= 0.6 is 0 Å². The van der Waals surface area contributed by atoms with E-state index in [0.29, 0.717) is 5.52 Å². The molecule has 0 amide bonds. The first-order valence-corrected chi connectivity index (χ1v) is 4.31. The average Bonchev–Trinajstić information content (AvgIpc) is 2.19. The third-order valence-corrected chi connectivity index (χ3v) is 2.21. The van der Waals surface area contributed by atoms with E-state index in [9.17, 15) is 9.59 Å². The zero-order valence-electron chi connectivity index (χ0n) is 7.94. The summed E-state index contributed by atoms with van der Waals surface area (Å²) in [6, 6.07) is 1.75. The number of nitrogens with one attached hydrogen (secondary N) is 1. The number of aromatic nitrogens is 2. The number of aryl methyl sites for hydroxylation is 1. The highest BCUT2D eigenvalue weighted by Gasteiger charge is 2.12. The molecule has 2 aromatic rings. The molecule has 76 valence electrons. The maximum absolute atomic E-state index is 11.7. The van der Waals surface area contributed by atoms with Gasteiger partial charge in [-0.2, -0.15) is 0 Å². The summed E-state index contributed by atoms with van der Waals surface area (Å²) in [5.74, 6) is -1.25. The summed E-state index contributed by atoms with van der Waals surface area (Å²) in [6.07, 6.45) is 2.68. The van der Waals surface area contributed by atoms with E-state index in [1.807, 2.05) is 6.92 Å². The Balaban J connectivity index is 2.92. The average molecular weight is 204 g/mol. The Hall–Kier alpha value is -2.17. The molecular weight excluding hydrogens is 196 g/mol. The van der Waals surface area contributed by atoms with Gasteiger partial charge >= 0.3 is 5.97 Å². The predicted octanol–water partition coefficient (Wildman–Crippen LogP) is 0.930. The van der Waals surface area contributed by atoms with Gasteiger partial charge in [0.05, 0.1) is 5.52 Å². The highest BCUT2D eigenvalue weighted by molar-refractivity contribution is 5.91. The number of carbonyl (C=O) groups is 1. The van der Waals surface area contributed by atoms with Crippen LogP contribution in [-0.4, -0.2) is 21.0 Å². The fourth-order valence-corrected chi connectivity index (χ4v) is 1.41. The number of hydrogen-bond acceptors (Lipinski definition) is 3. The van der Waals surface area contributed by atoms with Crippen LogP contribution in [0.2, 0.25) is 0 Å². The fraction of sp³-hybridized carbons (Fsp3) is 0.100. The summed E-state index contributed by atoms with van der Waals surface area (Å²) in [6.45, 7) is 1.82. The number of fused-ring (bicyclic) bond motifs is 1. The molecule has 0 bridgehead atoms. The molecular formula is C10H8N2O3. The van der Waals surface area contributed by atoms with E-state index in [1.165, 1.54) is 12.4 Å². The van der Waals surface area contributed by atoms with Crippen LogP contribution in [0.15, 0.2) is 23.3 Å². The Kier molecular flexibility index (Phi) is 2.00. The van der Waals surface area contributed by atoms with Gasteiger partial charge in [0.2, 0.25) is 5.43 Å². The zero-order valence-corrected chi connectivity index (χ0v) is 7.94. The van der Waals surface area contributed by atoms with Crippen molar-refractivity contribution in [2.75, 3.05) is 0 Å². The van der Waals surface area contributed by atoms with Crippen molar-refractivity contribution >= 4 is 17.0 Å². The number of rotatable bonds is 1. The normalized spacial score (nSPS) is 10.5. The van der Waals surface area contributed by atoms with Gasteiger partial charge in [-0.3, -0.25) is 9.78 Å². The summed E-state index contributed by atoms with van der Waals surface area (Å²) in [4.78, 5) is 29.0. The predicted molar refractivity (Wildman–Crippen MR) is 54.1 cm³/mol. The second-order valence-corrected chi connectivity index (χ2v) is 3.19. The first kappa shape index (κ1) is 9.39. The van der Waals surface area contributed by atoms with Gasteiger partial charge in [-0.05, 0) is 18.6 Å². The molecule has 0 radical (unpaired) electrons. The van der Waals surface area contributed by atoms with Gasteiger partial charge in [-0.25, -0.2) is 4.79 Å². The molecule has 0 aliphatic carbocycles. The summed E-state index contributed by atoms with van der Waals surface area (Å²) < 4.78 is 0. The minimum absolute atomic E-state index is 0.162. The lowest BCUT2D eigenvalue weighted by molar-refractivity contribution is 0.0695. The van der Waals surface area contributed by atoms with Crippen molar-refractivity contribution in [2.45, 2.75) is 6.92 Å². The van der Waals surface area contributed by atoms with E-state index in [-0.39, 0.29) is 11.1 Å². The number of nitrogens with zero attached hydrogens (tertiary/aromatic N) is 1. The standard InChI is InChI=1S/C10H8N2O3/c1-5-2-3-11-8-7(5)12-4-6(9(8)13)10(14)15/h2-4H,1H3,(H,12,13)(H,14,15). The van der Waals surface area contributed by atoms with E-state index < -0.39 is 11.4 Å². The van der Waals surface area contributed by atoms with Crippen LogP contribution in [0.5, 0.6) is 0 Å². The highest BCUT2D eigenvalue weighted by atomic mass is 16.4. The van der Waals surface area contributed by atoms with Gasteiger partial charge in [0.1, 0.15) is 11.1 Å². The van der Waals surface area contributed by atoms with Gasteiger partial charge in [0.15, 0.2) is 0 Å². The molecule has 0 spiro atoms. The van der Waals surface area contributed by atoms with Crippen LogP contribution in [-0.2, 0) is 0 Å². The molecule has 2 N–H and O–H groups in total. The number of aromatic carboxylic acids is 1. The van der Waals surface area contributed by atoms with E-state index in [1.54, 1.807) is 6.07 Å². The van der Waals surface area contributed by atoms with Crippen molar-refractivity contribution in [1.29, 1.82) is 0 Å². The van der Waals surface area contributed by atoms with Crippen LogP contribution in [0.4, 0.5) is 0 Å². The second kappa shape index (κ2) is 3.20. The number of carboxylic acid groups (broad SMARTS) is 1. The molecule has 0 saturated heterocycles. The summed E-state index contributed by atoms with van der Waals surface area (Å²) in [5, 5.41) is 8.75. The van der Waals surface area contributed by atoms with Crippen LogP contribution in [0, 0.1) is 6.92 Å². The largest absolute Gasteiger partial charge is 0.477 e. The van der Waals surface area contributed by atoms with E-state index >= 15 is 0 Å². The Morgan fingerprint density at radius 3 is 2.93 bits per heavy atom. The Morgan fingerprint density at radius 1 is 1.53 bits per heavy atom. The smallest absolute Gasteiger partial charge is 0.341 e. The number of H-pyrrole nitrogens is 1. The van der Waals surface area contributed by atoms with Crippen LogP contribution in [0.3, 0.4) is 0 Å². The van der Waals surface area contributed by atoms with Crippen molar-refractivity contribution in [3.8, 4) is 0 Å².